The summed E-state index contributed by atoms with van der Waals surface area (Å²) in [6.07, 6.45) is 7.16. The maximum Gasteiger partial charge on any atom is 0.482 e. The quantitative estimate of drug-likeness (QED) is 0.478. The molecule has 4 heterocycles. The number of ether oxygens (including phenoxy) is 1. The number of furan rings is 1. The van der Waals surface area contributed by atoms with E-state index in [-0.39, 0.29) is 29.8 Å². The molecule has 37 heavy (non-hydrogen) atoms. The molecule has 3 saturated heterocycles. The molecule has 8 nitrogen and oxygen atoms in total. The summed E-state index contributed by atoms with van der Waals surface area (Å²) in [7, 11) is -0.651. The van der Waals surface area contributed by atoms with Gasteiger partial charge in [-0.15, -0.1) is 0 Å². The van der Waals surface area contributed by atoms with Crippen LogP contribution >= 0.6 is 0 Å². The van der Waals surface area contributed by atoms with Crippen LogP contribution in [-0.2, 0) is 30.1 Å². The Balaban J connectivity index is 1.12. The Bertz CT molecular complexity index is 1250. The largest absolute Gasteiger partial charge is 0.482 e. The Morgan fingerprint density at radius 1 is 1.11 bits per heavy atom. The van der Waals surface area contributed by atoms with E-state index in [2.05, 4.69) is 31.4 Å². The minimum Gasteiger partial charge on any atom is -0.464 e. The molecule has 2 amide bonds. The first-order valence-electron chi connectivity index (χ1n) is 13.8. The van der Waals surface area contributed by atoms with Crippen molar-refractivity contribution in [3.05, 3.63) is 36.1 Å². The van der Waals surface area contributed by atoms with Crippen LogP contribution in [-0.4, -0.2) is 54.8 Å². The highest BCUT2D eigenvalue weighted by Crippen LogP contribution is 2.65. The number of carbonyl (C=O) groups is 2. The Morgan fingerprint density at radius 2 is 1.95 bits per heavy atom. The van der Waals surface area contributed by atoms with Crippen LogP contribution in [0.1, 0.15) is 58.4 Å². The zero-order chi connectivity index (χ0) is 25.5. The average Bonchev–Trinajstić information content (AvgIpc) is 3.65. The molecule has 0 radical (unpaired) electrons. The van der Waals surface area contributed by atoms with Crippen molar-refractivity contribution in [2.75, 3.05) is 0 Å². The third-order valence-corrected chi connectivity index (χ3v) is 10.2. The molecule has 0 unspecified atom stereocenters. The fraction of sp³-hybridized carbons (Fsp3) is 0.643. The lowest BCUT2D eigenvalue weighted by Crippen LogP contribution is -2.65. The van der Waals surface area contributed by atoms with Gasteiger partial charge in [0.25, 0.3) is 0 Å². The van der Waals surface area contributed by atoms with Crippen LogP contribution in [0.2, 0.25) is 0 Å². The van der Waals surface area contributed by atoms with Crippen LogP contribution < -0.4 is 10.6 Å². The molecule has 8 rings (SSSR count). The Hall–Kier alpha value is -2.36. The van der Waals surface area contributed by atoms with Crippen molar-refractivity contribution in [3.8, 4) is 0 Å². The smallest absolute Gasteiger partial charge is 0.464 e. The maximum absolute atomic E-state index is 13.2. The summed E-state index contributed by atoms with van der Waals surface area (Å²) in [5, 5.41) is 6.85. The molecule has 6 fully saturated rings. The van der Waals surface area contributed by atoms with Crippen molar-refractivity contribution >= 4 is 29.9 Å². The van der Waals surface area contributed by atoms with E-state index >= 15 is 0 Å². The van der Waals surface area contributed by atoms with Crippen molar-refractivity contribution in [3.63, 3.8) is 0 Å². The van der Waals surface area contributed by atoms with Gasteiger partial charge in [0.1, 0.15) is 5.58 Å². The van der Waals surface area contributed by atoms with E-state index < -0.39 is 30.5 Å². The van der Waals surface area contributed by atoms with Crippen molar-refractivity contribution < 1.29 is 28.1 Å². The van der Waals surface area contributed by atoms with Gasteiger partial charge in [-0.3, -0.25) is 9.59 Å². The minimum absolute atomic E-state index is 0.00857. The third kappa shape index (κ3) is 3.68. The average molecular weight is 506 g/mol. The molecule has 3 aliphatic carbocycles. The summed E-state index contributed by atoms with van der Waals surface area (Å²) in [5.74, 6) is -0.816. The van der Waals surface area contributed by atoms with E-state index in [4.69, 9.17) is 18.5 Å². The fourth-order valence-electron chi connectivity index (χ4n) is 7.97. The maximum atomic E-state index is 13.2. The number of hydrogen-bond acceptors (Lipinski definition) is 6. The van der Waals surface area contributed by atoms with Gasteiger partial charge in [0.2, 0.25) is 0 Å². The molecular weight excluding hydrogens is 471 g/mol. The molecule has 4 bridgehead atoms. The highest BCUT2D eigenvalue weighted by atomic mass is 16.7. The summed E-state index contributed by atoms with van der Waals surface area (Å²) in [4.78, 5) is 26.1. The number of para-hydroxylation sites is 1. The van der Waals surface area contributed by atoms with E-state index in [0.717, 1.165) is 48.6 Å². The van der Waals surface area contributed by atoms with Crippen LogP contribution in [0.15, 0.2) is 34.9 Å². The fourth-order valence-corrected chi connectivity index (χ4v) is 7.97. The number of hydrogen-bond donors (Lipinski definition) is 2. The van der Waals surface area contributed by atoms with Crippen molar-refractivity contribution in [2.24, 2.45) is 17.3 Å². The van der Waals surface area contributed by atoms with Crippen molar-refractivity contribution in [2.45, 2.75) is 95.2 Å². The molecule has 1 aromatic heterocycles. The molecule has 3 saturated carbocycles. The number of rotatable bonds is 5. The Labute approximate surface area is 217 Å². The van der Waals surface area contributed by atoms with Gasteiger partial charge < -0.3 is 29.1 Å². The Morgan fingerprint density at radius 3 is 2.70 bits per heavy atom. The lowest BCUT2D eigenvalue weighted by atomic mass is 9.43. The number of fused-ring (bicyclic) bond motifs is 3. The van der Waals surface area contributed by atoms with Gasteiger partial charge in [-0.25, -0.2) is 0 Å². The van der Waals surface area contributed by atoms with Crippen molar-refractivity contribution in [1.82, 2.24) is 10.6 Å². The lowest BCUT2D eigenvalue weighted by molar-refractivity contribution is -0.199. The zero-order valence-corrected chi connectivity index (χ0v) is 21.7. The number of nitrogens with one attached hydrogen (secondary N) is 2. The standard InChI is InChI=1S/C28H35BN2O6/c1-27(2)16-11-22(27)28(3)23(12-16)36-29(37-28)24(10-15-14-34-20-7-5-4-6-18(15)20)31-26(33)25(32)30-19-13-17-8-9-21(19)35-17/h4-7,14,16-17,19,21-24H,8-13H2,1-3H3,(H,30,32)(H,31,33)/t16-,17+,19+,21-,22-,23+,24-,28-/m0/s1. The van der Waals surface area contributed by atoms with Crippen molar-refractivity contribution in [1.29, 1.82) is 0 Å². The second kappa shape index (κ2) is 8.32. The summed E-state index contributed by atoms with van der Waals surface area (Å²) in [6.45, 7) is 6.81. The molecule has 0 spiro atoms. The summed E-state index contributed by atoms with van der Waals surface area (Å²) >= 11 is 0. The third-order valence-electron chi connectivity index (χ3n) is 10.2. The van der Waals surface area contributed by atoms with Gasteiger partial charge in [-0.1, -0.05) is 32.0 Å². The molecule has 8 atom stereocenters. The summed E-state index contributed by atoms with van der Waals surface area (Å²) in [6, 6.07) is 7.71. The number of carbonyl (C=O) groups excluding carboxylic acids is 2. The SMILES string of the molecule is CC1(C)[C@@H]2C[C@H]3OB([C@H](Cc4coc5ccccc45)NC(=O)C(=O)N[C@@H]4C[C@H]5CC[C@@H]4O5)O[C@@]3(C)[C@H]1C2. The summed E-state index contributed by atoms with van der Waals surface area (Å²) in [5.41, 5.74) is 1.53. The first-order chi connectivity index (χ1) is 17.7. The van der Waals surface area contributed by atoms with E-state index in [0.29, 0.717) is 18.3 Å². The second-order valence-corrected chi connectivity index (χ2v) is 12.6. The molecule has 6 aliphatic rings. The highest BCUT2D eigenvalue weighted by Gasteiger charge is 2.68. The lowest BCUT2D eigenvalue weighted by Gasteiger charge is -2.64. The number of amides is 2. The van der Waals surface area contributed by atoms with Gasteiger partial charge >= 0.3 is 18.9 Å². The van der Waals surface area contributed by atoms with Gasteiger partial charge in [0.05, 0.1) is 42.2 Å². The molecule has 2 N–H and O–H groups in total. The first kappa shape index (κ1) is 23.7. The topological polar surface area (TPSA) is 99.0 Å². The van der Waals surface area contributed by atoms with Crippen LogP contribution in [0.25, 0.3) is 11.0 Å². The number of benzene rings is 1. The predicted molar refractivity (Wildman–Crippen MR) is 136 cm³/mol. The predicted octanol–water partition coefficient (Wildman–Crippen LogP) is 3.16. The zero-order valence-electron chi connectivity index (χ0n) is 21.7. The first-order valence-corrected chi connectivity index (χ1v) is 13.8. The molecule has 1 aromatic carbocycles. The molecule has 196 valence electrons. The molecular formula is C28H35BN2O6. The molecule has 9 heteroatoms. The molecule has 3 aliphatic heterocycles. The van der Waals surface area contributed by atoms with Gasteiger partial charge in [-0.2, -0.15) is 0 Å². The van der Waals surface area contributed by atoms with E-state index in [1.54, 1.807) is 6.26 Å². The van der Waals surface area contributed by atoms with Gasteiger partial charge in [0.15, 0.2) is 0 Å². The summed E-state index contributed by atoms with van der Waals surface area (Å²) < 4.78 is 24.8. The van der Waals surface area contributed by atoms with Crippen LogP contribution in [0.4, 0.5) is 0 Å². The van der Waals surface area contributed by atoms with Gasteiger partial charge in [0, 0.05) is 5.39 Å². The normalized spacial score (nSPS) is 37.8. The van der Waals surface area contributed by atoms with Crippen LogP contribution in [0.5, 0.6) is 0 Å². The Kier molecular flexibility index (Phi) is 5.34. The minimum atomic E-state index is -0.669. The second-order valence-electron chi connectivity index (χ2n) is 12.6. The monoisotopic (exact) mass is 506 g/mol. The molecule has 2 aromatic rings. The van der Waals surface area contributed by atoms with E-state index in [1.807, 2.05) is 24.3 Å². The van der Waals surface area contributed by atoms with Crippen LogP contribution in [0.3, 0.4) is 0 Å². The van der Waals surface area contributed by atoms with E-state index in [9.17, 15) is 9.59 Å². The van der Waals surface area contributed by atoms with Crippen LogP contribution in [0, 0.1) is 17.3 Å². The van der Waals surface area contributed by atoms with E-state index in [1.165, 1.54) is 0 Å². The highest BCUT2D eigenvalue weighted by molar-refractivity contribution is 6.49. The van der Waals surface area contributed by atoms with Gasteiger partial charge in [-0.05, 0) is 74.3 Å².